The molecule has 58 valence electrons. The van der Waals surface area contributed by atoms with E-state index in [1.54, 1.807) is 0 Å². The summed E-state index contributed by atoms with van der Waals surface area (Å²) in [6.45, 7) is 0. The molecule has 0 aromatic carbocycles. The van der Waals surface area contributed by atoms with Crippen molar-refractivity contribution in [2.75, 3.05) is 0 Å². The Kier molecular flexibility index (Phi) is 1.59. The van der Waals surface area contributed by atoms with Gasteiger partial charge in [-0.1, -0.05) is 0 Å². The zero-order valence-electron chi connectivity index (χ0n) is 6.27. The van der Waals surface area contributed by atoms with Crippen LogP contribution in [0, 0.1) is 0 Å². The summed E-state index contributed by atoms with van der Waals surface area (Å²) in [6.07, 6.45) is 8.21. The van der Waals surface area contributed by atoms with Crippen LogP contribution in [0.5, 0.6) is 0 Å². The minimum atomic E-state index is 0.443. The average molecular weight is 174 g/mol. The number of hydrogen-bond donors (Lipinski definition) is 1. The first kappa shape index (κ1) is 7.43. The van der Waals surface area contributed by atoms with Gasteiger partial charge in [0, 0.05) is 4.75 Å². The van der Waals surface area contributed by atoms with Crippen LogP contribution in [-0.2, 0) is 0 Å². The maximum Gasteiger partial charge on any atom is 0.0131 e. The number of hydrogen-bond acceptors (Lipinski definition) is 1. The van der Waals surface area contributed by atoms with E-state index in [1.165, 1.54) is 38.5 Å². The minimum absolute atomic E-state index is 0.443. The molecule has 0 aromatic rings. The molecule has 0 aromatic heterocycles. The number of rotatable bonds is 0. The van der Waals surface area contributed by atoms with Crippen molar-refractivity contribution in [2.24, 2.45) is 0 Å². The standard InChI is InChI=1S/C8H15PS/c9-7-1-4-8(10,5-2-7)6-3-7/h10H,1-6,9H2. The Balaban J connectivity index is 2.16. The van der Waals surface area contributed by atoms with E-state index < -0.39 is 0 Å². The van der Waals surface area contributed by atoms with Crippen LogP contribution in [-0.4, -0.2) is 9.90 Å². The van der Waals surface area contributed by atoms with Gasteiger partial charge in [-0.2, -0.15) is 12.6 Å². The highest BCUT2D eigenvalue weighted by atomic mass is 32.1. The van der Waals surface area contributed by atoms with Crippen LogP contribution in [0.4, 0.5) is 0 Å². The molecule has 0 heterocycles. The Bertz CT molecular complexity index is 113. The second-order valence-corrected chi connectivity index (χ2v) is 6.26. The Labute approximate surface area is 70.8 Å². The fourth-order valence-electron chi connectivity index (χ4n) is 2.19. The molecule has 3 aliphatic rings. The maximum atomic E-state index is 4.72. The third-order valence-electron chi connectivity index (χ3n) is 3.26. The van der Waals surface area contributed by atoms with E-state index in [4.69, 9.17) is 12.6 Å². The number of fused-ring (bicyclic) bond motifs is 3. The molecular formula is C8H15PS. The van der Waals surface area contributed by atoms with E-state index in [9.17, 15) is 0 Å². The van der Waals surface area contributed by atoms with Crippen molar-refractivity contribution in [1.82, 2.24) is 0 Å². The van der Waals surface area contributed by atoms with Gasteiger partial charge < -0.3 is 0 Å². The molecule has 3 fully saturated rings. The summed E-state index contributed by atoms with van der Waals surface area (Å²) in [6, 6.07) is 0. The van der Waals surface area contributed by atoms with Crippen molar-refractivity contribution in [2.45, 2.75) is 48.4 Å². The van der Waals surface area contributed by atoms with Crippen LogP contribution >= 0.6 is 21.9 Å². The first-order valence-electron chi connectivity index (χ1n) is 4.13. The van der Waals surface area contributed by atoms with Crippen molar-refractivity contribution < 1.29 is 0 Å². The fraction of sp³-hybridized carbons (Fsp3) is 1.00. The Morgan fingerprint density at radius 3 is 1.60 bits per heavy atom. The summed E-state index contributed by atoms with van der Waals surface area (Å²) in [5.74, 6) is 0. The van der Waals surface area contributed by atoms with Crippen LogP contribution in [0.15, 0.2) is 0 Å². The van der Waals surface area contributed by atoms with E-state index in [0.717, 1.165) is 0 Å². The second-order valence-electron chi connectivity index (χ2n) is 4.09. The predicted octanol–water partition coefficient (Wildman–Crippen LogP) is 2.64. The highest BCUT2D eigenvalue weighted by Gasteiger charge is 2.43. The lowest BCUT2D eigenvalue weighted by Gasteiger charge is -2.49. The van der Waals surface area contributed by atoms with Crippen molar-refractivity contribution in [3.63, 3.8) is 0 Å². The zero-order chi connectivity index (χ0) is 7.24. The third-order valence-corrected chi connectivity index (χ3v) is 4.80. The van der Waals surface area contributed by atoms with Crippen LogP contribution in [0.25, 0.3) is 0 Å². The monoisotopic (exact) mass is 174 g/mol. The molecule has 0 spiro atoms. The van der Waals surface area contributed by atoms with Gasteiger partial charge in [0.2, 0.25) is 0 Å². The van der Waals surface area contributed by atoms with Crippen LogP contribution in [0.3, 0.4) is 0 Å². The van der Waals surface area contributed by atoms with E-state index in [2.05, 4.69) is 9.24 Å². The third kappa shape index (κ3) is 1.12. The predicted molar refractivity (Wildman–Crippen MR) is 51.9 cm³/mol. The van der Waals surface area contributed by atoms with Crippen molar-refractivity contribution in [3.8, 4) is 0 Å². The molecule has 2 bridgehead atoms. The van der Waals surface area contributed by atoms with Gasteiger partial charge in [-0.25, -0.2) is 0 Å². The summed E-state index contributed by atoms with van der Waals surface area (Å²) in [4.78, 5) is 0. The molecule has 0 amide bonds. The lowest BCUT2D eigenvalue weighted by molar-refractivity contribution is 0.232. The van der Waals surface area contributed by atoms with Crippen LogP contribution in [0.1, 0.15) is 38.5 Å². The average Bonchev–Trinajstić information content (AvgIpc) is 1.93. The van der Waals surface area contributed by atoms with E-state index in [-0.39, 0.29) is 0 Å². The smallest absolute Gasteiger partial charge is 0.0131 e. The largest absolute Gasteiger partial charge is 0.173 e. The number of thiol groups is 1. The van der Waals surface area contributed by atoms with E-state index in [0.29, 0.717) is 9.90 Å². The molecule has 0 aliphatic heterocycles. The molecule has 3 saturated carbocycles. The maximum absolute atomic E-state index is 4.72. The normalized spacial score (nSPS) is 53.4. The van der Waals surface area contributed by atoms with Crippen LogP contribution < -0.4 is 0 Å². The van der Waals surface area contributed by atoms with Gasteiger partial charge in [0.05, 0.1) is 0 Å². The molecule has 3 aliphatic carbocycles. The lowest BCUT2D eigenvalue weighted by Crippen LogP contribution is -2.43. The molecule has 10 heavy (non-hydrogen) atoms. The zero-order valence-corrected chi connectivity index (χ0v) is 8.32. The highest BCUT2D eigenvalue weighted by Crippen LogP contribution is 2.53. The molecule has 1 unspecified atom stereocenters. The summed E-state index contributed by atoms with van der Waals surface area (Å²) in [5.41, 5.74) is 0. The fourth-order valence-corrected chi connectivity index (χ4v) is 2.96. The minimum Gasteiger partial charge on any atom is -0.173 e. The molecule has 0 nitrogen and oxygen atoms in total. The summed E-state index contributed by atoms with van der Waals surface area (Å²) in [5, 5.41) is 0.629. The van der Waals surface area contributed by atoms with E-state index in [1.807, 2.05) is 0 Å². The summed E-state index contributed by atoms with van der Waals surface area (Å²) in [7, 11) is 3.06. The lowest BCUT2D eigenvalue weighted by atomic mass is 9.69. The van der Waals surface area contributed by atoms with Gasteiger partial charge in [-0.05, 0) is 43.7 Å². The molecule has 0 N–H and O–H groups in total. The summed E-state index contributed by atoms with van der Waals surface area (Å²) < 4.78 is 0.443. The quantitative estimate of drug-likeness (QED) is 0.423. The molecule has 1 atom stereocenters. The van der Waals surface area contributed by atoms with Crippen molar-refractivity contribution in [3.05, 3.63) is 0 Å². The Morgan fingerprint density at radius 2 is 1.30 bits per heavy atom. The van der Waals surface area contributed by atoms with Gasteiger partial charge in [0.15, 0.2) is 0 Å². The SMILES string of the molecule is PC12CCC(S)(CC1)CC2. The van der Waals surface area contributed by atoms with Crippen molar-refractivity contribution >= 4 is 21.9 Å². The summed E-state index contributed by atoms with van der Waals surface area (Å²) >= 11 is 4.72. The van der Waals surface area contributed by atoms with Gasteiger partial charge >= 0.3 is 0 Å². The van der Waals surface area contributed by atoms with Crippen LogP contribution in [0.2, 0.25) is 0 Å². The van der Waals surface area contributed by atoms with Gasteiger partial charge in [-0.15, -0.1) is 9.24 Å². The first-order valence-corrected chi connectivity index (χ1v) is 5.16. The Hall–Kier alpha value is 0.780. The molecule has 0 saturated heterocycles. The van der Waals surface area contributed by atoms with Crippen molar-refractivity contribution in [1.29, 1.82) is 0 Å². The van der Waals surface area contributed by atoms with E-state index >= 15 is 0 Å². The highest BCUT2D eigenvalue weighted by molar-refractivity contribution is 7.81. The van der Waals surface area contributed by atoms with Gasteiger partial charge in [0.25, 0.3) is 0 Å². The molecule has 0 radical (unpaired) electrons. The molecular weight excluding hydrogens is 159 g/mol. The van der Waals surface area contributed by atoms with Gasteiger partial charge in [0.1, 0.15) is 0 Å². The topological polar surface area (TPSA) is 0 Å². The Morgan fingerprint density at radius 1 is 0.900 bits per heavy atom. The molecule has 3 rings (SSSR count). The molecule has 2 heteroatoms. The first-order chi connectivity index (χ1) is 4.62. The second kappa shape index (κ2) is 2.14. The van der Waals surface area contributed by atoms with Gasteiger partial charge in [-0.3, -0.25) is 0 Å².